The lowest BCUT2D eigenvalue weighted by molar-refractivity contribution is -0.144. The lowest BCUT2D eigenvalue weighted by Crippen LogP contribution is -2.15. The van der Waals surface area contributed by atoms with Gasteiger partial charge in [-0.2, -0.15) is 10.1 Å². The molecule has 0 aliphatic heterocycles. The van der Waals surface area contributed by atoms with Gasteiger partial charge in [0.1, 0.15) is 0 Å². The van der Waals surface area contributed by atoms with Crippen molar-refractivity contribution < 1.29 is 18.5 Å². The molecule has 0 aliphatic carbocycles. The lowest BCUT2D eigenvalue weighted by Gasteiger charge is -2.04. The van der Waals surface area contributed by atoms with Crippen molar-refractivity contribution in [2.45, 2.75) is 13.0 Å². The largest absolute Gasteiger partial charge is 0.459 e. The van der Waals surface area contributed by atoms with Crippen molar-refractivity contribution in [3.8, 4) is 11.7 Å². The SMILES string of the molecule is O=C(Cc1n[nH]c(=O)c2ccccc12)OCc1noc(-c2ccco2)n1. The van der Waals surface area contributed by atoms with Gasteiger partial charge in [0, 0.05) is 5.39 Å². The molecule has 0 spiro atoms. The van der Waals surface area contributed by atoms with E-state index in [0.717, 1.165) is 0 Å². The van der Waals surface area contributed by atoms with Gasteiger partial charge in [0.2, 0.25) is 5.82 Å². The molecule has 0 atom stereocenters. The minimum absolute atomic E-state index is 0.0970. The highest BCUT2D eigenvalue weighted by Crippen LogP contribution is 2.17. The number of furan rings is 1. The van der Waals surface area contributed by atoms with Gasteiger partial charge in [-0.15, -0.1) is 0 Å². The topological polar surface area (TPSA) is 124 Å². The van der Waals surface area contributed by atoms with E-state index in [1.54, 1.807) is 36.4 Å². The molecule has 0 saturated heterocycles. The molecule has 3 heterocycles. The zero-order valence-electron chi connectivity index (χ0n) is 13.3. The Morgan fingerprint density at radius 1 is 1.15 bits per heavy atom. The Bertz CT molecular complexity index is 1110. The van der Waals surface area contributed by atoms with Gasteiger partial charge in [-0.25, -0.2) is 5.10 Å². The number of H-pyrrole nitrogens is 1. The summed E-state index contributed by atoms with van der Waals surface area (Å²) in [6, 6.07) is 10.3. The van der Waals surface area contributed by atoms with Crippen LogP contribution >= 0.6 is 0 Å². The van der Waals surface area contributed by atoms with Gasteiger partial charge >= 0.3 is 5.97 Å². The second-order valence-corrected chi connectivity index (χ2v) is 5.38. The second kappa shape index (κ2) is 6.63. The van der Waals surface area contributed by atoms with Crippen molar-refractivity contribution in [1.29, 1.82) is 0 Å². The molecule has 130 valence electrons. The summed E-state index contributed by atoms with van der Waals surface area (Å²) in [6.07, 6.45) is 1.39. The fourth-order valence-corrected chi connectivity index (χ4v) is 2.45. The van der Waals surface area contributed by atoms with Gasteiger partial charge in [-0.1, -0.05) is 23.4 Å². The van der Waals surface area contributed by atoms with Crippen molar-refractivity contribution >= 4 is 16.7 Å². The number of carbonyl (C=O) groups excluding carboxylic acids is 1. The molecule has 9 heteroatoms. The molecular formula is C17H12N4O5. The van der Waals surface area contributed by atoms with Gasteiger partial charge in [-0.05, 0) is 18.2 Å². The molecule has 4 rings (SSSR count). The number of rotatable bonds is 5. The van der Waals surface area contributed by atoms with Crippen molar-refractivity contribution in [1.82, 2.24) is 20.3 Å². The highest BCUT2D eigenvalue weighted by molar-refractivity contribution is 5.86. The number of esters is 1. The molecule has 0 aliphatic rings. The van der Waals surface area contributed by atoms with Crippen LogP contribution in [0.25, 0.3) is 22.4 Å². The first kappa shape index (κ1) is 15.8. The number of ether oxygens (including phenoxy) is 1. The fourth-order valence-electron chi connectivity index (χ4n) is 2.45. The smallest absolute Gasteiger partial charge is 0.312 e. The molecule has 0 fully saturated rings. The van der Waals surface area contributed by atoms with Crippen molar-refractivity contribution in [3.63, 3.8) is 0 Å². The number of aromatic amines is 1. The molecule has 1 aromatic carbocycles. The molecule has 26 heavy (non-hydrogen) atoms. The van der Waals surface area contributed by atoms with E-state index >= 15 is 0 Å². The summed E-state index contributed by atoms with van der Waals surface area (Å²) < 4.78 is 15.3. The predicted octanol–water partition coefficient (Wildman–Crippen LogP) is 1.85. The van der Waals surface area contributed by atoms with Gasteiger partial charge in [0.05, 0.1) is 23.8 Å². The van der Waals surface area contributed by atoms with Crippen LogP contribution in [0, 0.1) is 0 Å². The van der Waals surface area contributed by atoms with E-state index in [1.165, 1.54) is 6.26 Å². The molecule has 1 N–H and O–H groups in total. The summed E-state index contributed by atoms with van der Waals surface area (Å²) in [5, 5.41) is 11.1. The van der Waals surface area contributed by atoms with E-state index < -0.39 is 5.97 Å². The standard InChI is InChI=1S/C17H12N4O5/c22-15(8-12-10-4-1-2-5-11(10)16(23)20-19-12)25-9-14-18-17(26-21-14)13-6-3-7-24-13/h1-7H,8-9H2,(H,20,23). The third kappa shape index (κ3) is 3.09. The Kier molecular flexibility index (Phi) is 4.02. The Morgan fingerprint density at radius 3 is 2.81 bits per heavy atom. The van der Waals surface area contributed by atoms with Gasteiger partial charge in [0.25, 0.3) is 11.4 Å². The van der Waals surface area contributed by atoms with Crippen molar-refractivity contribution in [2.75, 3.05) is 0 Å². The van der Waals surface area contributed by atoms with E-state index in [9.17, 15) is 9.59 Å². The van der Waals surface area contributed by atoms with Crippen LogP contribution in [0.2, 0.25) is 0 Å². The van der Waals surface area contributed by atoms with Crippen molar-refractivity contribution in [2.24, 2.45) is 0 Å². The number of aromatic nitrogens is 4. The monoisotopic (exact) mass is 352 g/mol. The van der Waals surface area contributed by atoms with Crippen LogP contribution in [0.1, 0.15) is 11.5 Å². The van der Waals surface area contributed by atoms with E-state index in [-0.39, 0.29) is 30.3 Å². The Morgan fingerprint density at radius 2 is 2.00 bits per heavy atom. The average Bonchev–Trinajstić information content (AvgIpc) is 3.34. The highest BCUT2D eigenvalue weighted by atomic mass is 16.5. The number of hydrogen-bond donors (Lipinski definition) is 1. The Balaban J connectivity index is 1.44. The first-order valence-electron chi connectivity index (χ1n) is 7.69. The molecule has 4 aromatic rings. The summed E-state index contributed by atoms with van der Waals surface area (Å²) in [5.74, 6) is 0.316. The predicted molar refractivity (Wildman–Crippen MR) is 87.9 cm³/mol. The summed E-state index contributed by atoms with van der Waals surface area (Å²) in [6.45, 7) is -0.148. The second-order valence-electron chi connectivity index (χ2n) is 5.38. The molecule has 0 amide bonds. The van der Waals surface area contributed by atoms with E-state index in [2.05, 4.69) is 20.3 Å². The lowest BCUT2D eigenvalue weighted by atomic mass is 10.1. The van der Waals surface area contributed by atoms with Crippen molar-refractivity contribution in [3.05, 3.63) is 64.5 Å². The number of benzene rings is 1. The third-order valence-corrected chi connectivity index (χ3v) is 3.65. The zero-order valence-corrected chi connectivity index (χ0v) is 13.3. The minimum Gasteiger partial charge on any atom is -0.459 e. The number of nitrogens with one attached hydrogen (secondary N) is 1. The number of carbonyl (C=O) groups is 1. The van der Waals surface area contributed by atoms with E-state index in [4.69, 9.17) is 13.7 Å². The molecule has 0 bridgehead atoms. The average molecular weight is 352 g/mol. The number of fused-ring (bicyclic) bond motifs is 1. The zero-order chi connectivity index (χ0) is 17.9. The van der Waals surface area contributed by atoms with Crippen LogP contribution in [-0.2, 0) is 22.6 Å². The fraction of sp³-hybridized carbons (Fsp3) is 0.118. The summed E-state index contributed by atoms with van der Waals surface area (Å²) in [5.41, 5.74) is 0.115. The van der Waals surface area contributed by atoms with Crippen LogP contribution in [0.4, 0.5) is 0 Å². The normalized spacial score (nSPS) is 10.9. The van der Waals surface area contributed by atoms with Crippen LogP contribution < -0.4 is 5.56 Å². The molecule has 0 radical (unpaired) electrons. The maximum absolute atomic E-state index is 12.1. The van der Waals surface area contributed by atoms with E-state index in [1.807, 2.05) is 0 Å². The quantitative estimate of drug-likeness (QED) is 0.540. The highest BCUT2D eigenvalue weighted by Gasteiger charge is 2.15. The summed E-state index contributed by atoms with van der Waals surface area (Å²) in [7, 11) is 0. The third-order valence-electron chi connectivity index (χ3n) is 3.65. The minimum atomic E-state index is -0.529. The molecule has 9 nitrogen and oxygen atoms in total. The van der Waals surface area contributed by atoms with Crippen LogP contribution in [0.3, 0.4) is 0 Å². The Labute approximate surface area is 145 Å². The van der Waals surface area contributed by atoms with Gasteiger partial charge in [-0.3, -0.25) is 9.59 Å². The number of nitrogens with zero attached hydrogens (tertiary/aromatic N) is 3. The molecule has 0 unspecified atom stereocenters. The summed E-state index contributed by atoms with van der Waals surface area (Å²) >= 11 is 0. The van der Waals surface area contributed by atoms with Crippen LogP contribution in [0.15, 0.2) is 56.4 Å². The van der Waals surface area contributed by atoms with Crippen LogP contribution in [-0.4, -0.2) is 26.3 Å². The summed E-state index contributed by atoms with van der Waals surface area (Å²) in [4.78, 5) is 27.9. The van der Waals surface area contributed by atoms with Gasteiger partial charge < -0.3 is 13.7 Å². The van der Waals surface area contributed by atoms with E-state index in [0.29, 0.717) is 22.2 Å². The first-order chi connectivity index (χ1) is 12.7. The molecular weight excluding hydrogens is 340 g/mol. The molecule has 0 saturated carbocycles. The molecule has 3 aromatic heterocycles. The maximum Gasteiger partial charge on any atom is 0.312 e. The Hall–Kier alpha value is -3.75. The van der Waals surface area contributed by atoms with Gasteiger partial charge in [0.15, 0.2) is 12.4 Å². The number of hydrogen-bond acceptors (Lipinski definition) is 8. The maximum atomic E-state index is 12.1. The van der Waals surface area contributed by atoms with Crippen LogP contribution in [0.5, 0.6) is 0 Å². The first-order valence-corrected chi connectivity index (χ1v) is 7.69.